The van der Waals surface area contributed by atoms with E-state index < -0.39 is 11.9 Å². The third-order valence-corrected chi connectivity index (χ3v) is 4.91. The highest BCUT2D eigenvalue weighted by molar-refractivity contribution is 5.78. The van der Waals surface area contributed by atoms with Crippen LogP contribution >= 0.6 is 0 Å². The van der Waals surface area contributed by atoms with E-state index in [1.807, 2.05) is 13.8 Å². The Morgan fingerprint density at radius 2 is 2.00 bits per heavy atom. The van der Waals surface area contributed by atoms with Crippen molar-refractivity contribution in [2.24, 2.45) is 17.8 Å². The molecule has 6 heteroatoms. The second-order valence-corrected chi connectivity index (χ2v) is 6.45. The zero-order valence-electron chi connectivity index (χ0n) is 13.0. The number of carboxylic acid groups (broad SMARTS) is 1. The molecule has 0 aromatic rings. The predicted molar refractivity (Wildman–Crippen MR) is 78.0 cm³/mol. The lowest BCUT2D eigenvalue weighted by Gasteiger charge is -2.33. The van der Waals surface area contributed by atoms with Gasteiger partial charge in [0.05, 0.1) is 12.5 Å². The van der Waals surface area contributed by atoms with Crippen LogP contribution in [0.25, 0.3) is 0 Å². The zero-order chi connectivity index (χ0) is 15.6. The van der Waals surface area contributed by atoms with Gasteiger partial charge in [-0.05, 0) is 44.9 Å². The average molecular weight is 298 g/mol. The lowest BCUT2D eigenvalue weighted by Crippen LogP contribution is -2.53. The summed E-state index contributed by atoms with van der Waals surface area (Å²) in [5.41, 5.74) is 0. The van der Waals surface area contributed by atoms with Crippen LogP contribution in [0.4, 0.5) is 4.79 Å². The van der Waals surface area contributed by atoms with Crippen molar-refractivity contribution < 1.29 is 19.4 Å². The van der Waals surface area contributed by atoms with E-state index in [0.717, 1.165) is 19.3 Å². The number of urea groups is 1. The van der Waals surface area contributed by atoms with E-state index in [0.29, 0.717) is 19.1 Å². The molecular formula is C15H26N2O4. The van der Waals surface area contributed by atoms with Crippen LogP contribution in [-0.2, 0) is 9.53 Å². The van der Waals surface area contributed by atoms with E-state index in [1.54, 1.807) is 12.0 Å². The van der Waals surface area contributed by atoms with Crippen LogP contribution in [0.5, 0.6) is 0 Å². The molecule has 0 radical (unpaired) electrons. The maximum absolute atomic E-state index is 12.5. The van der Waals surface area contributed by atoms with Crippen LogP contribution in [0.3, 0.4) is 0 Å². The van der Waals surface area contributed by atoms with Crippen LogP contribution in [-0.4, -0.2) is 54.4 Å². The molecule has 21 heavy (non-hydrogen) atoms. The molecule has 120 valence electrons. The molecule has 2 N–H and O–H groups in total. The molecule has 0 saturated heterocycles. The van der Waals surface area contributed by atoms with Gasteiger partial charge in [-0.3, -0.25) is 4.79 Å². The Bertz CT molecular complexity index is 399. The Balaban J connectivity index is 2.01. The molecule has 6 nitrogen and oxygen atoms in total. The maximum Gasteiger partial charge on any atom is 0.317 e. The van der Waals surface area contributed by atoms with Gasteiger partial charge >= 0.3 is 12.0 Å². The normalized spacial score (nSPS) is 30.7. The van der Waals surface area contributed by atoms with E-state index in [9.17, 15) is 14.7 Å². The standard InChI is InChI=1S/C15H26N2O4/c1-9(2)17(6-7-21-3)15(20)16-13-11-5-4-10(8-11)12(13)14(18)19/h9-13H,4-8H2,1-3H3,(H,16,20)(H,18,19). The molecule has 0 aliphatic heterocycles. The van der Waals surface area contributed by atoms with Gasteiger partial charge in [-0.15, -0.1) is 0 Å². The largest absolute Gasteiger partial charge is 0.481 e. The summed E-state index contributed by atoms with van der Waals surface area (Å²) in [6.45, 7) is 4.89. The smallest absolute Gasteiger partial charge is 0.317 e. The molecule has 0 spiro atoms. The molecule has 2 rings (SSSR count). The summed E-state index contributed by atoms with van der Waals surface area (Å²) in [6, 6.07) is -0.342. The lowest BCUT2D eigenvalue weighted by atomic mass is 9.84. The Morgan fingerprint density at radius 3 is 2.57 bits per heavy atom. The van der Waals surface area contributed by atoms with Gasteiger partial charge in [-0.2, -0.15) is 0 Å². The van der Waals surface area contributed by atoms with Gasteiger partial charge in [0.25, 0.3) is 0 Å². The van der Waals surface area contributed by atoms with Crippen molar-refractivity contribution in [2.75, 3.05) is 20.3 Å². The number of carbonyl (C=O) groups excluding carboxylic acids is 1. The van der Waals surface area contributed by atoms with Crippen molar-refractivity contribution in [3.05, 3.63) is 0 Å². The molecule has 0 aromatic carbocycles. The third kappa shape index (κ3) is 3.31. The highest BCUT2D eigenvalue weighted by atomic mass is 16.5. The summed E-state index contributed by atoms with van der Waals surface area (Å²) in [6.07, 6.45) is 2.94. The molecule has 2 aliphatic rings. The van der Waals surface area contributed by atoms with Crippen LogP contribution in [0.15, 0.2) is 0 Å². The van der Waals surface area contributed by atoms with E-state index in [2.05, 4.69) is 5.32 Å². The first-order valence-electron chi connectivity index (χ1n) is 7.74. The number of nitrogens with one attached hydrogen (secondary N) is 1. The van der Waals surface area contributed by atoms with Crippen LogP contribution in [0.2, 0.25) is 0 Å². The first kappa shape index (κ1) is 16.1. The number of methoxy groups -OCH3 is 1. The van der Waals surface area contributed by atoms with Crippen molar-refractivity contribution in [3.63, 3.8) is 0 Å². The third-order valence-electron chi connectivity index (χ3n) is 4.91. The van der Waals surface area contributed by atoms with E-state index >= 15 is 0 Å². The summed E-state index contributed by atoms with van der Waals surface area (Å²) in [5.74, 6) is -0.662. The van der Waals surface area contributed by atoms with Gasteiger partial charge in [-0.1, -0.05) is 0 Å². The molecule has 4 unspecified atom stereocenters. The first-order valence-corrected chi connectivity index (χ1v) is 7.74. The number of fused-ring (bicyclic) bond motifs is 2. The fourth-order valence-electron chi connectivity index (χ4n) is 3.86. The average Bonchev–Trinajstić information content (AvgIpc) is 2.99. The fraction of sp³-hybridized carbons (Fsp3) is 0.867. The maximum atomic E-state index is 12.5. The number of hydrogen-bond donors (Lipinski definition) is 2. The minimum Gasteiger partial charge on any atom is -0.481 e. The zero-order valence-corrected chi connectivity index (χ0v) is 13.0. The molecule has 0 aromatic heterocycles. The quantitative estimate of drug-likeness (QED) is 0.780. The van der Waals surface area contributed by atoms with E-state index in [-0.39, 0.29) is 24.0 Å². The van der Waals surface area contributed by atoms with Crippen molar-refractivity contribution >= 4 is 12.0 Å². The number of ether oxygens (including phenoxy) is 1. The highest BCUT2D eigenvalue weighted by Crippen LogP contribution is 2.48. The predicted octanol–water partition coefficient (Wildman–Crippen LogP) is 1.55. The fourth-order valence-corrected chi connectivity index (χ4v) is 3.86. The summed E-state index contributed by atoms with van der Waals surface area (Å²) >= 11 is 0. The van der Waals surface area contributed by atoms with Crippen molar-refractivity contribution in [1.29, 1.82) is 0 Å². The molecule has 2 amide bonds. The van der Waals surface area contributed by atoms with E-state index in [4.69, 9.17) is 4.74 Å². The Hall–Kier alpha value is -1.30. The van der Waals surface area contributed by atoms with Crippen molar-refractivity contribution in [2.45, 2.75) is 45.2 Å². The number of aliphatic carboxylic acids is 1. The summed E-state index contributed by atoms with van der Waals surface area (Å²) in [7, 11) is 1.60. The SMILES string of the molecule is COCCN(C(=O)NC1C2CCC(C2)C1C(=O)O)C(C)C. The molecule has 2 aliphatic carbocycles. The van der Waals surface area contributed by atoms with Crippen molar-refractivity contribution in [1.82, 2.24) is 10.2 Å². The molecule has 2 saturated carbocycles. The van der Waals surface area contributed by atoms with Gasteiger partial charge < -0.3 is 20.1 Å². The molecule has 2 bridgehead atoms. The Morgan fingerprint density at radius 1 is 1.33 bits per heavy atom. The summed E-state index contributed by atoms with van der Waals surface area (Å²) in [4.78, 5) is 25.6. The van der Waals surface area contributed by atoms with Crippen LogP contribution in [0.1, 0.15) is 33.1 Å². The van der Waals surface area contributed by atoms with Gasteiger partial charge in [-0.25, -0.2) is 4.79 Å². The van der Waals surface area contributed by atoms with Gasteiger partial charge in [0.2, 0.25) is 0 Å². The minimum atomic E-state index is -0.777. The van der Waals surface area contributed by atoms with Gasteiger partial charge in [0.1, 0.15) is 0 Å². The lowest BCUT2D eigenvalue weighted by molar-refractivity contribution is -0.144. The van der Waals surface area contributed by atoms with Gasteiger partial charge in [0.15, 0.2) is 0 Å². The summed E-state index contributed by atoms with van der Waals surface area (Å²) in [5, 5.41) is 12.4. The highest BCUT2D eigenvalue weighted by Gasteiger charge is 2.51. The van der Waals surface area contributed by atoms with Crippen LogP contribution < -0.4 is 5.32 Å². The van der Waals surface area contributed by atoms with E-state index in [1.165, 1.54) is 0 Å². The molecule has 2 fully saturated rings. The number of carbonyl (C=O) groups is 2. The second-order valence-electron chi connectivity index (χ2n) is 6.45. The first-order chi connectivity index (χ1) is 9.95. The number of carboxylic acids is 1. The number of amides is 2. The molecular weight excluding hydrogens is 272 g/mol. The molecule has 4 atom stereocenters. The van der Waals surface area contributed by atoms with Crippen LogP contribution in [0, 0.1) is 17.8 Å². The number of hydrogen-bond acceptors (Lipinski definition) is 3. The topological polar surface area (TPSA) is 78.9 Å². The minimum absolute atomic E-state index is 0.0574. The Labute approximate surface area is 125 Å². The Kier molecular flexibility index (Phi) is 5.08. The number of rotatable bonds is 6. The molecule has 0 heterocycles. The second kappa shape index (κ2) is 6.64. The monoisotopic (exact) mass is 298 g/mol. The summed E-state index contributed by atoms with van der Waals surface area (Å²) < 4.78 is 5.04. The van der Waals surface area contributed by atoms with Gasteiger partial charge in [0, 0.05) is 25.7 Å². The number of nitrogens with zero attached hydrogens (tertiary/aromatic N) is 1. The van der Waals surface area contributed by atoms with Crippen molar-refractivity contribution in [3.8, 4) is 0 Å².